The molecule has 16 heavy (non-hydrogen) atoms. The summed E-state index contributed by atoms with van der Waals surface area (Å²) in [6.07, 6.45) is 2.28. The van der Waals surface area contributed by atoms with Crippen LogP contribution in [0.1, 0.15) is 18.4 Å². The third kappa shape index (κ3) is 2.57. The molecule has 0 aliphatic heterocycles. The van der Waals surface area contributed by atoms with Gasteiger partial charge in [-0.05, 0) is 30.9 Å². The van der Waals surface area contributed by atoms with E-state index in [-0.39, 0.29) is 5.41 Å². The first-order chi connectivity index (χ1) is 7.65. The van der Waals surface area contributed by atoms with Crippen LogP contribution in [0.4, 0.5) is 8.78 Å². The van der Waals surface area contributed by atoms with Crippen molar-refractivity contribution in [3.8, 4) is 0 Å². The summed E-state index contributed by atoms with van der Waals surface area (Å²) in [4.78, 5) is 0. The van der Waals surface area contributed by atoms with Gasteiger partial charge in [0.1, 0.15) is 11.6 Å². The molecule has 1 aromatic rings. The van der Waals surface area contributed by atoms with Crippen molar-refractivity contribution in [2.75, 3.05) is 13.1 Å². The van der Waals surface area contributed by atoms with Crippen LogP contribution in [-0.4, -0.2) is 13.1 Å². The Balaban J connectivity index is 1.85. The van der Waals surface area contributed by atoms with Gasteiger partial charge in [0.25, 0.3) is 0 Å². The molecule has 88 valence electrons. The molecule has 0 aromatic heterocycles. The van der Waals surface area contributed by atoms with Crippen LogP contribution < -0.4 is 11.1 Å². The number of benzene rings is 1. The predicted octanol–water partition coefficient (Wildman–Crippen LogP) is 1.79. The van der Waals surface area contributed by atoms with Crippen molar-refractivity contribution in [3.63, 3.8) is 0 Å². The summed E-state index contributed by atoms with van der Waals surface area (Å²) in [5.74, 6) is -1.04. The minimum Gasteiger partial charge on any atom is -0.330 e. The summed E-state index contributed by atoms with van der Waals surface area (Å²) in [7, 11) is 0. The number of nitrogens with two attached hydrogens (primary N) is 1. The summed E-state index contributed by atoms with van der Waals surface area (Å²) < 4.78 is 25.9. The zero-order valence-electron chi connectivity index (χ0n) is 9.10. The van der Waals surface area contributed by atoms with Crippen LogP contribution in [0.2, 0.25) is 0 Å². The molecule has 0 saturated heterocycles. The van der Waals surface area contributed by atoms with Crippen LogP contribution in [0, 0.1) is 17.0 Å². The summed E-state index contributed by atoms with van der Waals surface area (Å²) in [5, 5.41) is 3.17. The number of rotatable bonds is 5. The van der Waals surface area contributed by atoms with E-state index >= 15 is 0 Å². The summed E-state index contributed by atoms with van der Waals surface area (Å²) in [5.41, 5.74) is 6.36. The lowest BCUT2D eigenvalue weighted by Crippen LogP contribution is -2.29. The fourth-order valence-corrected chi connectivity index (χ4v) is 1.76. The Morgan fingerprint density at radius 3 is 2.62 bits per heavy atom. The number of nitrogens with one attached hydrogen (secondary N) is 1. The monoisotopic (exact) mass is 226 g/mol. The highest BCUT2D eigenvalue weighted by molar-refractivity contribution is 5.18. The van der Waals surface area contributed by atoms with Crippen LogP contribution in [-0.2, 0) is 6.54 Å². The zero-order valence-corrected chi connectivity index (χ0v) is 9.10. The first kappa shape index (κ1) is 11.5. The molecule has 2 rings (SSSR count). The fourth-order valence-electron chi connectivity index (χ4n) is 1.76. The van der Waals surface area contributed by atoms with E-state index in [1.165, 1.54) is 12.1 Å². The molecule has 0 bridgehead atoms. The van der Waals surface area contributed by atoms with E-state index in [2.05, 4.69) is 5.32 Å². The Bertz CT molecular complexity index is 375. The maximum atomic E-state index is 13.3. The third-order valence-corrected chi connectivity index (χ3v) is 3.22. The maximum absolute atomic E-state index is 13.3. The molecule has 4 heteroatoms. The quantitative estimate of drug-likeness (QED) is 0.803. The van der Waals surface area contributed by atoms with E-state index in [1.807, 2.05) is 0 Å². The minimum absolute atomic E-state index is 0.233. The van der Waals surface area contributed by atoms with Gasteiger partial charge in [-0.15, -0.1) is 0 Å². The molecule has 2 nitrogen and oxygen atoms in total. The van der Waals surface area contributed by atoms with E-state index in [0.29, 0.717) is 18.7 Å². The first-order valence-corrected chi connectivity index (χ1v) is 5.50. The van der Waals surface area contributed by atoms with Gasteiger partial charge in [-0.3, -0.25) is 0 Å². The summed E-state index contributed by atoms with van der Waals surface area (Å²) in [6.45, 7) is 1.90. The van der Waals surface area contributed by atoms with E-state index in [1.54, 1.807) is 0 Å². The number of halogens is 2. The maximum Gasteiger partial charge on any atom is 0.130 e. The Hall–Kier alpha value is -1.00. The van der Waals surface area contributed by atoms with Crippen LogP contribution in [0.5, 0.6) is 0 Å². The molecule has 1 aliphatic carbocycles. The fraction of sp³-hybridized carbons (Fsp3) is 0.500. The Kier molecular flexibility index (Phi) is 3.21. The van der Waals surface area contributed by atoms with Gasteiger partial charge in [-0.2, -0.15) is 0 Å². The van der Waals surface area contributed by atoms with Gasteiger partial charge >= 0.3 is 0 Å². The van der Waals surface area contributed by atoms with Gasteiger partial charge < -0.3 is 11.1 Å². The highest BCUT2D eigenvalue weighted by atomic mass is 19.1. The van der Waals surface area contributed by atoms with Crippen molar-refractivity contribution in [1.82, 2.24) is 5.32 Å². The number of hydrogen-bond donors (Lipinski definition) is 2. The van der Waals surface area contributed by atoms with Crippen molar-refractivity contribution in [2.24, 2.45) is 11.1 Å². The Morgan fingerprint density at radius 2 is 2.06 bits per heavy atom. The summed E-state index contributed by atoms with van der Waals surface area (Å²) >= 11 is 0. The molecule has 0 spiro atoms. The lowest BCUT2D eigenvalue weighted by atomic mass is 10.1. The standard InChI is InChI=1S/C12H16F2N2/c13-10-2-1-9(11(14)5-10)6-16-8-12(7-15)3-4-12/h1-2,5,16H,3-4,6-8,15H2. The molecule has 0 radical (unpaired) electrons. The van der Waals surface area contributed by atoms with E-state index in [0.717, 1.165) is 25.5 Å². The highest BCUT2D eigenvalue weighted by Gasteiger charge is 2.40. The average Bonchev–Trinajstić information content (AvgIpc) is 3.02. The van der Waals surface area contributed by atoms with Crippen LogP contribution in [0.25, 0.3) is 0 Å². The van der Waals surface area contributed by atoms with Gasteiger partial charge in [0.05, 0.1) is 0 Å². The van der Waals surface area contributed by atoms with Crippen LogP contribution in [0.3, 0.4) is 0 Å². The molecule has 0 heterocycles. The largest absolute Gasteiger partial charge is 0.330 e. The zero-order chi connectivity index (χ0) is 11.6. The average molecular weight is 226 g/mol. The van der Waals surface area contributed by atoms with Gasteiger partial charge in [-0.1, -0.05) is 6.07 Å². The molecule has 0 amide bonds. The molecule has 0 unspecified atom stereocenters. The van der Waals surface area contributed by atoms with Gasteiger partial charge in [0.15, 0.2) is 0 Å². The molecule has 1 aliphatic rings. The lowest BCUT2D eigenvalue weighted by Gasteiger charge is -2.13. The molecule has 1 fully saturated rings. The van der Waals surface area contributed by atoms with E-state index in [4.69, 9.17) is 5.73 Å². The van der Waals surface area contributed by atoms with E-state index in [9.17, 15) is 8.78 Å². The van der Waals surface area contributed by atoms with Crippen molar-refractivity contribution in [2.45, 2.75) is 19.4 Å². The second-order valence-corrected chi connectivity index (χ2v) is 4.54. The predicted molar refractivity (Wildman–Crippen MR) is 58.8 cm³/mol. The highest BCUT2D eigenvalue weighted by Crippen LogP contribution is 2.43. The van der Waals surface area contributed by atoms with Gasteiger partial charge in [0.2, 0.25) is 0 Å². The van der Waals surface area contributed by atoms with Crippen molar-refractivity contribution >= 4 is 0 Å². The molecular formula is C12H16F2N2. The van der Waals surface area contributed by atoms with E-state index < -0.39 is 11.6 Å². The molecule has 0 atom stereocenters. The van der Waals surface area contributed by atoms with Crippen LogP contribution >= 0.6 is 0 Å². The molecular weight excluding hydrogens is 210 g/mol. The lowest BCUT2D eigenvalue weighted by molar-refractivity contribution is 0.462. The van der Waals surface area contributed by atoms with Crippen molar-refractivity contribution in [1.29, 1.82) is 0 Å². The minimum atomic E-state index is -0.540. The summed E-state index contributed by atoms with van der Waals surface area (Å²) in [6, 6.07) is 3.66. The van der Waals surface area contributed by atoms with Gasteiger partial charge in [0, 0.05) is 24.7 Å². The molecule has 3 N–H and O–H groups in total. The number of hydrogen-bond acceptors (Lipinski definition) is 2. The van der Waals surface area contributed by atoms with Crippen molar-refractivity contribution < 1.29 is 8.78 Å². The Morgan fingerprint density at radius 1 is 1.31 bits per heavy atom. The molecule has 1 aromatic carbocycles. The first-order valence-electron chi connectivity index (χ1n) is 5.50. The normalized spacial score (nSPS) is 17.4. The molecule has 1 saturated carbocycles. The second kappa shape index (κ2) is 4.47. The topological polar surface area (TPSA) is 38.0 Å². The smallest absolute Gasteiger partial charge is 0.130 e. The van der Waals surface area contributed by atoms with Crippen LogP contribution in [0.15, 0.2) is 18.2 Å². The third-order valence-electron chi connectivity index (χ3n) is 3.22. The van der Waals surface area contributed by atoms with Crippen molar-refractivity contribution in [3.05, 3.63) is 35.4 Å². The Labute approximate surface area is 93.8 Å². The SMILES string of the molecule is NCC1(CNCc2ccc(F)cc2F)CC1. The van der Waals surface area contributed by atoms with Gasteiger partial charge in [-0.25, -0.2) is 8.78 Å². The second-order valence-electron chi connectivity index (χ2n) is 4.54.